The number of carbonyl (C=O) groups is 1. The number of nitrogens with two attached hydrogens (primary N) is 1. The zero-order valence-electron chi connectivity index (χ0n) is 12.6. The van der Waals surface area contributed by atoms with Gasteiger partial charge in [0.15, 0.2) is 0 Å². The van der Waals surface area contributed by atoms with Gasteiger partial charge in [-0.05, 0) is 40.8 Å². The van der Waals surface area contributed by atoms with Gasteiger partial charge in [-0.2, -0.15) is 0 Å². The lowest BCUT2D eigenvalue weighted by atomic mass is 10.0. The van der Waals surface area contributed by atoms with E-state index >= 15 is 0 Å². The van der Waals surface area contributed by atoms with Crippen molar-refractivity contribution in [3.8, 4) is 11.1 Å². The van der Waals surface area contributed by atoms with Gasteiger partial charge in [0.1, 0.15) is 0 Å². The summed E-state index contributed by atoms with van der Waals surface area (Å²) in [6.45, 7) is 4.60. The maximum Gasteiger partial charge on any atom is 0.224 e. The lowest BCUT2D eigenvalue weighted by molar-refractivity contribution is -0.116. The molecular formula is C18H22N2O. The molecule has 0 spiro atoms. The third-order valence-electron chi connectivity index (χ3n) is 3.24. The van der Waals surface area contributed by atoms with Gasteiger partial charge in [0.05, 0.1) is 0 Å². The fourth-order valence-electron chi connectivity index (χ4n) is 2.24. The number of carbonyl (C=O) groups excluding carboxylic acids is 1. The summed E-state index contributed by atoms with van der Waals surface area (Å²) >= 11 is 0. The number of benzene rings is 2. The Hall–Kier alpha value is -2.13. The van der Waals surface area contributed by atoms with Crippen LogP contribution in [0.2, 0.25) is 0 Å². The molecule has 0 atom stereocenters. The molecule has 0 aromatic heterocycles. The van der Waals surface area contributed by atoms with Crippen molar-refractivity contribution in [1.29, 1.82) is 0 Å². The fourth-order valence-corrected chi connectivity index (χ4v) is 2.24. The Morgan fingerprint density at radius 1 is 1.10 bits per heavy atom. The predicted molar refractivity (Wildman–Crippen MR) is 87.9 cm³/mol. The van der Waals surface area contributed by atoms with Crippen molar-refractivity contribution in [3.63, 3.8) is 0 Å². The fraction of sp³-hybridized carbons (Fsp3) is 0.278. The highest BCUT2D eigenvalue weighted by atomic mass is 16.1. The summed E-state index contributed by atoms with van der Waals surface area (Å²) in [6.07, 6.45) is 0.535. The second-order valence-electron chi connectivity index (χ2n) is 5.63. The molecule has 0 radical (unpaired) electrons. The Labute approximate surface area is 126 Å². The third kappa shape index (κ3) is 4.43. The summed E-state index contributed by atoms with van der Waals surface area (Å²) in [7, 11) is 0. The van der Waals surface area contributed by atoms with Gasteiger partial charge in [-0.15, -0.1) is 0 Å². The van der Waals surface area contributed by atoms with Crippen molar-refractivity contribution in [1.82, 2.24) is 0 Å². The van der Waals surface area contributed by atoms with E-state index < -0.39 is 0 Å². The molecule has 0 bridgehead atoms. The largest absolute Gasteiger partial charge is 0.326 e. The van der Waals surface area contributed by atoms with E-state index in [0.29, 0.717) is 18.9 Å². The monoisotopic (exact) mass is 282 g/mol. The van der Waals surface area contributed by atoms with Crippen LogP contribution < -0.4 is 11.1 Å². The van der Waals surface area contributed by atoms with Gasteiger partial charge in [-0.1, -0.05) is 44.2 Å². The van der Waals surface area contributed by atoms with Crippen molar-refractivity contribution < 1.29 is 4.79 Å². The van der Waals surface area contributed by atoms with E-state index in [1.165, 1.54) is 0 Å². The number of nitrogens with one attached hydrogen (secondary N) is 1. The van der Waals surface area contributed by atoms with E-state index in [4.69, 9.17) is 5.73 Å². The molecule has 0 heterocycles. The van der Waals surface area contributed by atoms with Crippen LogP contribution >= 0.6 is 0 Å². The van der Waals surface area contributed by atoms with E-state index in [1.807, 2.05) is 56.3 Å². The summed E-state index contributed by atoms with van der Waals surface area (Å²) in [5.74, 6) is 0.410. The van der Waals surface area contributed by atoms with Gasteiger partial charge < -0.3 is 11.1 Å². The molecule has 0 saturated carbocycles. The Bertz CT molecular complexity index is 620. The Morgan fingerprint density at radius 2 is 1.76 bits per heavy atom. The molecule has 0 aliphatic heterocycles. The van der Waals surface area contributed by atoms with E-state index in [9.17, 15) is 4.79 Å². The molecule has 3 N–H and O–H groups in total. The summed E-state index contributed by atoms with van der Waals surface area (Å²) in [5.41, 5.74) is 9.80. The Morgan fingerprint density at radius 3 is 2.43 bits per heavy atom. The first-order valence-electron chi connectivity index (χ1n) is 7.28. The number of hydrogen-bond acceptors (Lipinski definition) is 2. The van der Waals surface area contributed by atoms with Crippen molar-refractivity contribution in [2.45, 2.75) is 26.8 Å². The van der Waals surface area contributed by atoms with Crippen molar-refractivity contribution in [2.24, 2.45) is 11.7 Å². The topological polar surface area (TPSA) is 55.1 Å². The normalized spacial score (nSPS) is 10.7. The molecule has 0 fully saturated rings. The summed E-state index contributed by atoms with van der Waals surface area (Å²) < 4.78 is 0. The molecule has 2 aromatic carbocycles. The van der Waals surface area contributed by atoms with Crippen molar-refractivity contribution in [3.05, 3.63) is 54.1 Å². The average Bonchev–Trinajstić information content (AvgIpc) is 2.46. The molecule has 0 aliphatic carbocycles. The smallest absolute Gasteiger partial charge is 0.224 e. The van der Waals surface area contributed by atoms with Crippen LogP contribution in [-0.2, 0) is 11.3 Å². The highest BCUT2D eigenvalue weighted by molar-refractivity contribution is 5.91. The second-order valence-corrected chi connectivity index (χ2v) is 5.63. The van der Waals surface area contributed by atoms with E-state index in [2.05, 4.69) is 11.4 Å². The molecule has 3 nitrogen and oxygen atoms in total. The number of anilines is 1. The van der Waals surface area contributed by atoms with Gasteiger partial charge >= 0.3 is 0 Å². The molecule has 0 saturated heterocycles. The van der Waals surface area contributed by atoms with Gasteiger partial charge in [-0.25, -0.2) is 0 Å². The van der Waals surface area contributed by atoms with Gasteiger partial charge in [-0.3, -0.25) is 4.79 Å². The van der Waals surface area contributed by atoms with Crippen LogP contribution in [0, 0.1) is 5.92 Å². The molecule has 110 valence electrons. The molecule has 0 unspecified atom stereocenters. The highest BCUT2D eigenvalue weighted by Gasteiger charge is 2.06. The first-order chi connectivity index (χ1) is 10.1. The SMILES string of the molecule is CC(C)CC(=O)Nc1cccc(-c2cccc(CN)c2)c1. The van der Waals surface area contributed by atoms with Crippen LogP contribution in [0.1, 0.15) is 25.8 Å². The maximum absolute atomic E-state index is 11.8. The van der Waals surface area contributed by atoms with Crippen LogP contribution in [-0.4, -0.2) is 5.91 Å². The summed E-state index contributed by atoms with van der Waals surface area (Å²) in [5, 5.41) is 2.95. The Kier molecular flexibility index (Phi) is 5.12. The quantitative estimate of drug-likeness (QED) is 0.876. The van der Waals surface area contributed by atoms with Crippen LogP contribution in [0.3, 0.4) is 0 Å². The van der Waals surface area contributed by atoms with E-state index in [1.54, 1.807) is 0 Å². The van der Waals surface area contributed by atoms with Crippen molar-refractivity contribution >= 4 is 11.6 Å². The molecular weight excluding hydrogens is 260 g/mol. The number of amides is 1. The summed E-state index contributed by atoms with van der Waals surface area (Å²) in [6, 6.07) is 16.0. The molecule has 1 amide bonds. The zero-order chi connectivity index (χ0) is 15.2. The minimum atomic E-state index is 0.0536. The maximum atomic E-state index is 11.8. The van der Waals surface area contributed by atoms with E-state index in [0.717, 1.165) is 22.4 Å². The van der Waals surface area contributed by atoms with Crippen LogP contribution in [0.15, 0.2) is 48.5 Å². The third-order valence-corrected chi connectivity index (χ3v) is 3.24. The highest BCUT2D eigenvalue weighted by Crippen LogP contribution is 2.23. The minimum Gasteiger partial charge on any atom is -0.326 e. The standard InChI is InChI=1S/C18H22N2O/c1-13(2)9-18(21)20-17-8-4-7-16(11-17)15-6-3-5-14(10-15)12-19/h3-8,10-11,13H,9,12,19H2,1-2H3,(H,20,21). The van der Waals surface area contributed by atoms with E-state index in [-0.39, 0.29) is 5.91 Å². The number of rotatable bonds is 5. The van der Waals surface area contributed by atoms with Gasteiger partial charge in [0.2, 0.25) is 5.91 Å². The zero-order valence-corrected chi connectivity index (χ0v) is 12.6. The van der Waals surface area contributed by atoms with Crippen molar-refractivity contribution in [2.75, 3.05) is 5.32 Å². The summed E-state index contributed by atoms with van der Waals surface area (Å²) in [4.78, 5) is 11.8. The first kappa shape index (κ1) is 15.3. The number of hydrogen-bond donors (Lipinski definition) is 2. The van der Waals surface area contributed by atoms with Crippen LogP contribution in [0.5, 0.6) is 0 Å². The lowest BCUT2D eigenvalue weighted by Crippen LogP contribution is -2.13. The molecule has 2 rings (SSSR count). The van der Waals surface area contributed by atoms with Gasteiger partial charge in [0.25, 0.3) is 0 Å². The average molecular weight is 282 g/mol. The second kappa shape index (κ2) is 7.04. The lowest BCUT2D eigenvalue weighted by Gasteiger charge is -2.09. The molecule has 3 heteroatoms. The molecule has 21 heavy (non-hydrogen) atoms. The van der Waals surface area contributed by atoms with Crippen LogP contribution in [0.4, 0.5) is 5.69 Å². The van der Waals surface area contributed by atoms with Gasteiger partial charge in [0, 0.05) is 18.7 Å². The Balaban J connectivity index is 2.19. The molecule has 0 aliphatic rings. The minimum absolute atomic E-state index is 0.0536. The predicted octanol–water partition coefficient (Wildman–Crippen LogP) is 3.80. The molecule has 2 aromatic rings. The first-order valence-corrected chi connectivity index (χ1v) is 7.28. The van der Waals surface area contributed by atoms with Crippen LogP contribution in [0.25, 0.3) is 11.1 Å².